The molecule has 0 aliphatic carbocycles. The molecule has 3 nitrogen and oxygen atoms in total. The molecular weight excluding hydrogens is 156 g/mol. The van der Waals surface area contributed by atoms with Gasteiger partial charge < -0.3 is 13.9 Å². The van der Waals surface area contributed by atoms with Gasteiger partial charge in [0.25, 0.3) is 0 Å². The summed E-state index contributed by atoms with van der Waals surface area (Å²) in [4.78, 5) is 0. The molecule has 0 atom stereocenters. The van der Waals surface area contributed by atoms with Gasteiger partial charge in [-0.25, -0.2) is 0 Å². The van der Waals surface area contributed by atoms with E-state index in [1.54, 1.807) is 6.26 Å². The molecule has 0 radical (unpaired) electrons. The minimum Gasteiger partial charge on any atom is -0.464 e. The number of furan rings is 1. The molecule has 3 rings (SSSR count). The molecule has 0 saturated heterocycles. The normalized spacial score (nSPS) is 14.0. The highest BCUT2D eigenvalue weighted by Crippen LogP contribution is 2.39. The van der Waals surface area contributed by atoms with Crippen molar-refractivity contribution < 1.29 is 13.9 Å². The smallest absolute Gasteiger partial charge is 0.231 e. The zero-order chi connectivity index (χ0) is 7.97. The molecule has 1 aliphatic heterocycles. The number of benzene rings is 1. The Labute approximate surface area is 68.5 Å². The van der Waals surface area contributed by atoms with Gasteiger partial charge in [0, 0.05) is 0 Å². The monoisotopic (exact) mass is 162 g/mol. The van der Waals surface area contributed by atoms with E-state index in [0.717, 1.165) is 22.5 Å². The van der Waals surface area contributed by atoms with Crippen molar-refractivity contribution in [1.82, 2.24) is 0 Å². The highest BCUT2D eigenvalue weighted by molar-refractivity contribution is 5.87. The van der Waals surface area contributed by atoms with Gasteiger partial charge in [0.15, 0.2) is 11.5 Å². The van der Waals surface area contributed by atoms with Crippen molar-refractivity contribution in [2.45, 2.75) is 0 Å². The van der Waals surface area contributed by atoms with Crippen LogP contribution in [0.3, 0.4) is 0 Å². The number of hydrogen-bond donors (Lipinski definition) is 0. The molecule has 1 aliphatic rings. The molecule has 2 aromatic rings. The lowest BCUT2D eigenvalue weighted by molar-refractivity contribution is 0.175. The lowest BCUT2D eigenvalue weighted by Crippen LogP contribution is -1.93. The minimum atomic E-state index is 0.305. The van der Waals surface area contributed by atoms with Gasteiger partial charge in [-0.3, -0.25) is 0 Å². The van der Waals surface area contributed by atoms with Crippen LogP contribution in [-0.4, -0.2) is 6.79 Å². The molecule has 0 unspecified atom stereocenters. The van der Waals surface area contributed by atoms with E-state index in [1.165, 1.54) is 0 Å². The van der Waals surface area contributed by atoms with Gasteiger partial charge in [0.1, 0.15) is 5.58 Å². The van der Waals surface area contributed by atoms with E-state index in [0.29, 0.717) is 6.79 Å². The van der Waals surface area contributed by atoms with E-state index in [4.69, 9.17) is 13.9 Å². The molecule has 0 amide bonds. The molecule has 0 N–H and O–H groups in total. The predicted octanol–water partition coefficient (Wildman–Crippen LogP) is 2.16. The fraction of sp³-hybridized carbons (Fsp3) is 0.111. The van der Waals surface area contributed by atoms with Crippen molar-refractivity contribution in [3.05, 3.63) is 24.5 Å². The van der Waals surface area contributed by atoms with Gasteiger partial charge in [0.05, 0.1) is 11.6 Å². The zero-order valence-electron chi connectivity index (χ0n) is 6.24. The van der Waals surface area contributed by atoms with Crippen LogP contribution < -0.4 is 9.47 Å². The van der Waals surface area contributed by atoms with Crippen LogP contribution in [0.15, 0.2) is 28.9 Å². The Bertz CT molecular complexity index is 430. The first-order valence-electron chi connectivity index (χ1n) is 3.71. The molecule has 1 aromatic heterocycles. The van der Waals surface area contributed by atoms with E-state index < -0.39 is 0 Å². The molecule has 2 heterocycles. The Morgan fingerprint density at radius 3 is 3.08 bits per heavy atom. The van der Waals surface area contributed by atoms with Gasteiger partial charge in [-0.15, -0.1) is 0 Å². The highest BCUT2D eigenvalue weighted by atomic mass is 16.7. The molecule has 1 aromatic carbocycles. The molecule has 12 heavy (non-hydrogen) atoms. The molecule has 60 valence electrons. The Morgan fingerprint density at radius 1 is 1.08 bits per heavy atom. The molecule has 3 heteroatoms. The molecule has 0 fully saturated rings. The van der Waals surface area contributed by atoms with Crippen molar-refractivity contribution in [1.29, 1.82) is 0 Å². The average molecular weight is 162 g/mol. The number of fused-ring (bicyclic) bond motifs is 3. The summed E-state index contributed by atoms with van der Waals surface area (Å²) < 4.78 is 15.7. The lowest BCUT2D eigenvalue weighted by atomic mass is 10.2. The third kappa shape index (κ3) is 0.605. The van der Waals surface area contributed by atoms with Crippen LogP contribution in [0.1, 0.15) is 0 Å². The quantitative estimate of drug-likeness (QED) is 0.594. The second-order valence-electron chi connectivity index (χ2n) is 2.63. The van der Waals surface area contributed by atoms with Crippen molar-refractivity contribution in [2.75, 3.05) is 6.79 Å². The van der Waals surface area contributed by atoms with Crippen LogP contribution in [0, 0.1) is 0 Å². The second-order valence-corrected chi connectivity index (χ2v) is 2.63. The van der Waals surface area contributed by atoms with E-state index in [9.17, 15) is 0 Å². The maximum atomic E-state index is 5.29. The summed E-state index contributed by atoms with van der Waals surface area (Å²) in [5, 5.41) is 0.977. The summed E-state index contributed by atoms with van der Waals surface area (Å²) in [5.41, 5.74) is 0.833. The summed E-state index contributed by atoms with van der Waals surface area (Å²) in [6.45, 7) is 0.305. The Balaban J connectivity index is 2.46. The molecular formula is C9H6O3. The largest absolute Gasteiger partial charge is 0.464 e. The van der Waals surface area contributed by atoms with Gasteiger partial charge in [0.2, 0.25) is 6.79 Å². The van der Waals surface area contributed by atoms with Crippen LogP contribution in [-0.2, 0) is 0 Å². The lowest BCUT2D eigenvalue weighted by Gasteiger charge is -1.94. The summed E-state index contributed by atoms with van der Waals surface area (Å²) in [5.74, 6) is 1.59. The van der Waals surface area contributed by atoms with Crippen LogP contribution in [0.2, 0.25) is 0 Å². The summed E-state index contributed by atoms with van der Waals surface area (Å²) in [7, 11) is 0. The fourth-order valence-electron chi connectivity index (χ4n) is 1.41. The summed E-state index contributed by atoms with van der Waals surface area (Å²) >= 11 is 0. The Morgan fingerprint density at radius 2 is 2.08 bits per heavy atom. The average Bonchev–Trinajstić information content (AvgIpc) is 2.71. The minimum absolute atomic E-state index is 0.305. The third-order valence-electron chi connectivity index (χ3n) is 1.97. The van der Waals surface area contributed by atoms with Crippen molar-refractivity contribution >= 4 is 11.0 Å². The Kier molecular flexibility index (Phi) is 0.961. The predicted molar refractivity (Wildman–Crippen MR) is 42.3 cm³/mol. The van der Waals surface area contributed by atoms with Gasteiger partial charge in [-0.1, -0.05) is 0 Å². The maximum Gasteiger partial charge on any atom is 0.231 e. The Hall–Kier alpha value is -1.64. The van der Waals surface area contributed by atoms with Gasteiger partial charge in [-0.05, 0) is 18.2 Å². The van der Waals surface area contributed by atoms with E-state index in [-0.39, 0.29) is 0 Å². The number of ether oxygens (including phenoxy) is 2. The maximum absolute atomic E-state index is 5.29. The van der Waals surface area contributed by atoms with Crippen molar-refractivity contribution in [2.24, 2.45) is 0 Å². The number of hydrogen-bond acceptors (Lipinski definition) is 3. The summed E-state index contributed by atoms with van der Waals surface area (Å²) in [6.07, 6.45) is 1.65. The zero-order valence-corrected chi connectivity index (χ0v) is 6.24. The first-order chi connectivity index (χ1) is 5.95. The number of rotatable bonds is 0. The van der Waals surface area contributed by atoms with Crippen LogP contribution in [0.5, 0.6) is 11.5 Å². The van der Waals surface area contributed by atoms with Crippen molar-refractivity contribution in [3.8, 4) is 11.5 Å². The van der Waals surface area contributed by atoms with Crippen LogP contribution in [0.25, 0.3) is 11.0 Å². The first-order valence-corrected chi connectivity index (χ1v) is 3.71. The van der Waals surface area contributed by atoms with Gasteiger partial charge in [-0.2, -0.15) is 0 Å². The SMILES string of the molecule is c1cc2c3c(ccc2o1)OCO3. The van der Waals surface area contributed by atoms with Crippen LogP contribution in [0.4, 0.5) is 0 Å². The summed E-state index contributed by atoms with van der Waals surface area (Å²) in [6, 6.07) is 5.61. The topological polar surface area (TPSA) is 31.6 Å². The van der Waals surface area contributed by atoms with E-state index in [2.05, 4.69) is 0 Å². The van der Waals surface area contributed by atoms with E-state index in [1.807, 2.05) is 18.2 Å². The molecule has 0 spiro atoms. The fourth-order valence-corrected chi connectivity index (χ4v) is 1.41. The van der Waals surface area contributed by atoms with Gasteiger partial charge >= 0.3 is 0 Å². The second kappa shape index (κ2) is 1.94. The van der Waals surface area contributed by atoms with E-state index >= 15 is 0 Å². The van der Waals surface area contributed by atoms with Crippen molar-refractivity contribution in [3.63, 3.8) is 0 Å². The molecule has 0 bridgehead atoms. The first kappa shape index (κ1) is 5.94. The molecule has 0 saturated carbocycles. The van der Waals surface area contributed by atoms with Crippen LogP contribution >= 0.6 is 0 Å². The third-order valence-corrected chi connectivity index (χ3v) is 1.97. The highest BCUT2D eigenvalue weighted by Gasteiger charge is 2.17. The standard InChI is InChI=1S/C9H6O3/c1-2-8-9(12-5-11-8)6-3-4-10-7(1)6/h1-4H,5H2.